The molecule has 0 aliphatic carbocycles. The number of anilines is 1. The molecule has 0 radical (unpaired) electrons. The number of rotatable bonds is 14. The first-order valence-electron chi connectivity index (χ1n) is 15.4. The molecule has 4 aromatic rings. The summed E-state index contributed by atoms with van der Waals surface area (Å²) < 4.78 is 6.25. The van der Waals surface area contributed by atoms with Crippen LogP contribution < -0.4 is 15.8 Å². The van der Waals surface area contributed by atoms with Crippen molar-refractivity contribution in [2.45, 2.75) is 52.0 Å². The van der Waals surface area contributed by atoms with E-state index in [2.05, 4.69) is 10.3 Å². The Morgan fingerprint density at radius 2 is 1.89 bits per heavy atom. The highest BCUT2D eigenvalue weighted by atomic mass is 32.1. The van der Waals surface area contributed by atoms with Crippen molar-refractivity contribution >= 4 is 45.0 Å². The number of hydrazine groups is 1. The summed E-state index contributed by atoms with van der Waals surface area (Å²) in [5, 5.41) is 6.92. The Balaban J connectivity index is 1.43. The summed E-state index contributed by atoms with van der Waals surface area (Å²) in [4.78, 5) is 48.1. The molecule has 1 aliphatic heterocycles. The number of aromatic nitrogens is 1. The molecule has 1 fully saturated rings. The van der Waals surface area contributed by atoms with Gasteiger partial charge in [0.2, 0.25) is 12.3 Å². The lowest BCUT2D eigenvalue weighted by molar-refractivity contribution is -0.132. The van der Waals surface area contributed by atoms with E-state index in [4.69, 9.17) is 10.5 Å². The lowest BCUT2D eigenvalue weighted by atomic mass is 10.1. The quantitative estimate of drug-likeness (QED) is 0.194. The van der Waals surface area contributed by atoms with E-state index in [1.54, 1.807) is 17.0 Å². The van der Waals surface area contributed by atoms with E-state index < -0.39 is 6.17 Å². The highest BCUT2D eigenvalue weighted by Gasteiger charge is 2.45. The fourth-order valence-corrected chi connectivity index (χ4v) is 6.73. The van der Waals surface area contributed by atoms with Gasteiger partial charge in [-0.2, -0.15) is 5.01 Å². The van der Waals surface area contributed by atoms with Crippen molar-refractivity contribution in [3.8, 4) is 5.75 Å². The van der Waals surface area contributed by atoms with Crippen LogP contribution in [0.25, 0.3) is 10.2 Å². The van der Waals surface area contributed by atoms with Crippen molar-refractivity contribution in [3.05, 3.63) is 89.5 Å². The number of nitrogens with zero attached hydrogens (tertiary/aromatic N) is 5. The number of nitrogen functional groups attached to an aromatic ring is 1. The lowest BCUT2D eigenvalue weighted by Gasteiger charge is -2.40. The minimum Gasteiger partial charge on any atom is -0.497 e. The third kappa shape index (κ3) is 7.57. The number of benzene rings is 3. The number of hydrogen-bond donors (Lipinski definition) is 2. The molecule has 11 nitrogen and oxygen atoms in total. The van der Waals surface area contributed by atoms with Crippen molar-refractivity contribution < 1.29 is 19.1 Å². The molecule has 46 heavy (non-hydrogen) atoms. The molecule has 1 saturated heterocycles. The Morgan fingerprint density at radius 1 is 1.13 bits per heavy atom. The number of thiazole rings is 1. The molecule has 0 spiro atoms. The van der Waals surface area contributed by atoms with E-state index in [9.17, 15) is 14.4 Å². The number of hydrogen-bond acceptors (Lipinski definition) is 8. The first-order valence-corrected chi connectivity index (χ1v) is 16.3. The molecule has 4 amide bonds. The molecule has 0 bridgehead atoms. The minimum atomic E-state index is -0.584. The number of nitrogens with two attached hydrogens (primary N) is 1. The Bertz CT molecular complexity index is 1630. The number of carbonyl (C=O) groups excluding carboxylic acids is 3. The van der Waals surface area contributed by atoms with Crippen LogP contribution in [-0.4, -0.2) is 82.1 Å². The number of fused-ring (bicyclic) bond motifs is 1. The zero-order valence-corrected chi connectivity index (χ0v) is 27.3. The SMILES string of the molecule is CCCN(C(=O)NCc1ccccc1)N1CC(=O)N([C@H](C)Cc2ccc(OC)cc2)[C@@H]1CN(C=O)Cc1cccc2sc(N)nc12. The lowest BCUT2D eigenvalue weighted by Crippen LogP contribution is -2.58. The van der Waals surface area contributed by atoms with Gasteiger partial charge in [0.05, 0.1) is 30.4 Å². The Morgan fingerprint density at radius 3 is 2.59 bits per heavy atom. The van der Waals surface area contributed by atoms with Crippen LogP contribution in [-0.2, 0) is 29.1 Å². The zero-order valence-electron chi connectivity index (χ0n) is 26.5. The molecule has 0 unspecified atom stereocenters. The van der Waals surface area contributed by atoms with Gasteiger partial charge >= 0.3 is 6.03 Å². The van der Waals surface area contributed by atoms with Crippen molar-refractivity contribution in [1.82, 2.24) is 30.1 Å². The number of methoxy groups -OCH3 is 1. The third-order valence-corrected chi connectivity index (χ3v) is 8.97. The molecule has 1 aliphatic rings. The van der Waals surface area contributed by atoms with Crippen LogP contribution in [0.5, 0.6) is 5.75 Å². The van der Waals surface area contributed by atoms with Gasteiger partial charge in [-0.15, -0.1) is 0 Å². The summed E-state index contributed by atoms with van der Waals surface area (Å²) in [5.41, 5.74) is 9.63. The van der Waals surface area contributed by atoms with Gasteiger partial charge in [-0.25, -0.2) is 9.78 Å². The molecule has 12 heteroatoms. The van der Waals surface area contributed by atoms with Gasteiger partial charge in [0.15, 0.2) is 5.13 Å². The molecule has 2 atom stereocenters. The molecule has 5 rings (SSSR count). The molecule has 3 N–H and O–H groups in total. The van der Waals surface area contributed by atoms with Gasteiger partial charge in [0.25, 0.3) is 0 Å². The van der Waals surface area contributed by atoms with Crippen LogP contribution in [0, 0.1) is 0 Å². The number of carbonyl (C=O) groups is 3. The summed E-state index contributed by atoms with van der Waals surface area (Å²) >= 11 is 1.40. The average Bonchev–Trinajstić information content (AvgIpc) is 3.61. The van der Waals surface area contributed by atoms with Crippen LogP contribution in [0.4, 0.5) is 9.93 Å². The second-order valence-electron chi connectivity index (χ2n) is 11.4. The summed E-state index contributed by atoms with van der Waals surface area (Å²) in [6.07, 6.45) is 1.48. The minimum absolute atomic E-state index is 0.0152. The first-order chi connectivity index (χ1) is 22.3. The normalized spacial score (nSPS) is 15.6. The number of ether oxygens (including phenoxy) is 1. The molecular formula is C34H41N7O4S. The monoisotopic (exact) mass is 643 g/mol. The van der Waals surface area contributed by atoms with E-state index in [0.29, 0.717) is 31.1 Å². The largest absolute Gasteiger partial charge is 0.497 e. The van der Waals surface area contributed by atoms with E-state index in [-0.39, 0.29) is 37.6 Å². The van der Waals surface area contributed by atoms with Gasteiger partial charge in [-0.1, -0.05) is 72.9 Å². The average molecular weight is 644 g/mol. The summed E-state index contributed by atoms with van der Waals surface area (Å²) in [6.45, 7) is 5.23. The number of para-hydroxylation sites is 1. The standard InChI is InChI=1S/C34H41N7O4S/c1-4-17-39(34(44)36-19-26-9-6-5-7-10-26)40-22-31(43)41(24(2)18-25-13-15-28(45-3)16-14-25)30(40)21-38(23-42)20-27-11-8-12-29-32(27)37-33(35)46-29/h5-16,23-24,30H,4,17-22H2,1-3H3,(H2,35,37)(H,36,44)/t24-,30-/m1/s1. The smallest absolute Gasteiger partial charge is 0.332 e. The van der Waals surface area contributed by atoms with Gasteiger partial charge < -0.3 is 25.6 Å². The zero-order chi connectivity index (χ0) is 32.6. The second-order valence-corrected chi connectivity index (χ2v) is 12.5. The van der Waals surface area contributed by atoms with Crippen molar-refractivity contribution in [2.75, 3.05) is 32.5 Å². The molecule has 242 valence electrons. The van der Waals surface area contributed by atoms with Gasteiger partial charge in [0, 0.05) is 25.7 Å². The number of urea groups is 1. The van der Waals surface area contributed by atoms with Crippen LogP contribution in [0.15, 0.2) is 72.8 Å². The molecule has 1 aromatic heterocycles. The summed E-state index contributed by atoms with van der Waals surface area (Å²) in [6, 6.07) is 22.8. The maximum atomic E-state index is 13.8. The van der Waals surface area contributed by atoms with E-state index in [1.165, 1.54) is 11.3 Å². The molecule has 2 heterocycles. The first kappa shape index (κ1) is 32.7. The molecule has 3 aromatic carbocycles. The third-order valence-electron chi connectivity index (χ3n) is 8.12. The summed E-state index contributed by atoms with van der Waals surface area (Å²) in [7, 11) is 1.63. The maximum absolute atomic E-state index is 13.8. The van der Waals surface area contributed by atoms with Crippen LogP contribution >= 0.6 is 11.3 Å². The van der Waals surface area contributed by atoms with E-state index in [1.807, 2.05) is 96.6 Å². The van der Waals surface area contributed by atoms with Crippen molar-refractivity contribution in [3.63, 3.8) is 0 Å². The summed E-state index contributed by atoms with van der Waals surface area (Å²) in [5.74, 6) is 0.649. The van der Waals surface area contributed by atoms with Crippen LogP contribution in [0.1, 0.15) is 37.0 Å². The fraction of sp³-hybridized carbons (Fsp3) is 0.353. The predicted octanol–water partition coefficient (Wildman–Crippen LogP) is 4.48. The van der Waals surface area contributed by atoms with Gasteiger partial charge in [-0.05, 0) is 54.7 Å². The Kier molecular flexibility index (Phi) is 10.7. The van der Waals surface area contributed by atoms with Gasteiger partial charge in [-0.3, -0.25) is 14.6 Å². The van der Waals surface area contributed by atoms with Crippen molar-refractivity contribution in [1.29, 1.82) is 0 Å². The Labute approximate surface area is 273 Å². The number of amides is 4. The second kappa shape index (κ2) is 15.1. The van der Waals surface area contributed by atoms with Crippen molar-refractivity contribution in [2.24, 2.45) is 0 Å². The Hall–Kier alpha value is -4.68. The maximum Gasteiger partial charge on any atom is 0.332 e. The topological polar surface area (TPSA) is 124 Å². The molecular weight excluding hydrogens is 602 g/mol. The number of nitrogens with one attached hydrogen (secondary N) is 1. The van der Waals surface area contributed by atoms with E-state index >= 15 is 0 Å². The fourth-order valence-electron chi connectivity index (χ4n) is 5.95. The van der Waals surface area contributed by atoms with Crippen LogP contribution in [0.3, 0.4) is 0 Å². The predicted molar refractivity (Wildman–Crippen MR) is 180 cm³/mol. The van der Waals surface area contributed by atoms with Crippen LogP contribution in [0.2, 0.25) is 0 Å². The van der Waals surface area contributed by atoms with Gasteiger partial charge in [0.1, 0.15) is 11.9 Å². The van der Waals surface area contributed by atoms with E-state index in [0.717, 1.165) is 39.1 Å². The highest BCUT2D eigenvalue weighted by molar-refractivity contribution is 7.22. The molecule has 0 saturated carbocycles. The highest BCUT2D eigenvalue weighted by Crippen LogP contribution is 2.29.